The summed E-state index contributed by atoms with van der Waals surface area (Å²) in [5.74, 6) is -1.84. The maximum absolute atomic E-state index is 12.6. The summed E-state index contributed by atoms with van der Waals surface area (Å²) in [6.07, 6.45) is -3.65. The SMILES string of the molecule is COc1cncc(CC(=O)O)c1C(F)(F)F. The van der Waals surface area contributed by atoms with Gasteiger partial charge in [0, 0.05) is 6.20 Å². The molecule has 0 spiro atoms. The van der Waals surface area contributed by atoms with Crippen LogP contribution in [0, 0.1) is 0 Å². The van der Waals surface area contributed by atoms with Gasteiger partial charge in [-0.25, -0.2) is 0 Å². The van der Waals surface area contributed by atoms with Gasteiger partial charge in [-0.3, -0.25) is 9.78 Å². The van der Waals surface area contributed by atoms with E-state index in [1.54, 1.807) is 0 Å². The largest absolute Gasteiger partial charge is 0.494 e. The Labute approximate surface area is 88.7 Å². The number of methoxy groups -OCH3 is 1. The molecule has 0 aliphatic rings. The third-order valence-electron chi connectivity index (χ3n) is 1.83. The number of nitrogens with zero attached hydrogens (tertiary/aromatic N) is 1. The Kier molecular flexibility index (Phi) is 3.36. The zero-order chi connectivity index (χ0) is 12.3. The van der Waals surface area contributed by atoms with E-state index in [0.29, 0.717) is 0 Å². The van der Waals surface area contributed by atoms with E-state index >= 15 is 0 Å². The van der Waals surface area contributed by atoms with Gasteiger partial charge in [-0.05, 0) is 5.56 Å². The number of hydrogen-bond donors (Lipinski definition) is 1. The second-order valence-electron chi connectivity index (χ2n) is 2.94. The number of aromatic nitrogens is 1. The molecule has 1 heterocycles. The van der Waals surface area contributed by atoms with Crippen LogP contribution in [-0.2, 0) is 17.4 Å². The average Bonchev–Trinajstić information content (AvgIpc) is 2.14. The lowest BCUT2D eigenvalue weighted by atomic mass is 10.1. The van der Waals surface area contributed by atoms with Crippen LogP contribution in [0.15, 0.2) is 12.4 Å². The van der Waals surface area contributed by atoms with E-state index in [1.165, 1.54) is 0 Å². The summed E-state index contributed by atoms with van der Waals surface area (Å²) in [6, 6.07) is 0. The van der Waals surface area contributed by atoms with Gasteiger partial charge in [0.2, 0.25) is 0 Å². The molecule has 0 aliphatic carbocycles. The third kappa shape index (κ3) is 2.62. The van der Waals surface area contributed by atoms with Crippen molar-refractivity contribution in [2.75, 3.05) is 7.11 Å². The topological polar surface area (TPSA) is 59.4 Å². The van der Waals surface area contributed by atoms with Gasteiger partial charge in [0.15, 0.2) is 0 Å². The number of carboxylic acids is 1. The van der Waals surface area contributed by atoms with Crippen molar-refractivity contribution in [3.63, 3.8) is 0 Å². The minimum atomic E-state index is -4.67. The molecule has 0 saturated carbocycles. The van der Waals surface area contributed by atoms with E-state index in [0.717, 1.165) is 19.5 Å². The van der Waals surface area contributed by atoms with E-state index in [4.69, 9.17) is 5.11 Å². The Morgan fingerprint density at radius 1 is 1.50 bits per heavy atom. The number of rotatable bonds is 3. The van der Waals surface area contributed by atoms with E-state index < -0.39 is 35.4 Å². The number of aliphatic carboxylic acids is 1. The molecule has 1 aromatic heterocycles. The molecule has 4 nitrogen and oxygen atoms in total. The molecule has 0 aliphatic heterocycles. The molecule has 0 atom stereocenters. The molecule has 16 heavy (non-hydrogen) atoms. The maximum atomic E-state index is 12.6. The molecule has 1 aromatic rings. The fraction of sp³-hybridized carbons (Fsp3) is 0.333. The molecule has 0 amide bonds. The Hall–Kier alpha value is -1.79. The van der Waals surface area contributed by atoms with Crippen molar-refractivity contribution in [2.45, 2.75) is 12.6 Å². The van der Waals surface area contributed by atoms with Crippen molar-refractivity contribution in [2.24, 2.45) is 0 Å². The fourth-order valence-electron chi connectivity index (χ4n) is 1.26. The first-order valence-corrected chi connectivity index (χ1v) is 4.16. The number of carboxylic acid groups (broad SMARTS) is 1. The Balaban J connectivity index is 3.32. The summed E-state index contributed by atoms with van der Waals surface area (Å²) in [7, 11) is 1.07. The number of hydrogen-bond acceptors (Lipinski definition) is 3. The molecule has 0 bridgehead atoms. The van der Waals surface area contributed by atoms with Gasteiger partial charge in [0.05, 0.1) is 19.7 Å². The summed E-state index contributed by atoms with van der Waals surface area (Å²) in [4.78, 5) is 13.9. The van der Waals surface area contributed by atoms with Gasteiger partial charge in [-0.15, -0.1) is 0 Å². The minimum Gasteiger partial charge on any atom is -0.494 e. The molecule has 0 unspecified atom stereocenters. The number of alkyl halides is 3. The normalized spacial score (nSPS) is 11.2. The lowest BCUT2D eigenvalue weighted by Gasteiger charge is -2.14. The molecule has 1 N–H and O–H groups in total. The second-order valence-corrected chi connectivity index (χ2v) is 2.94. The summed E-state index contributed by atoms with van der Waals surface area (Å²) in [5.41, 5.74) is -1.51. The minimum absolute atomic E-state index is 0.417. The molecule has 0 radical (unpaired) electrons. The van der Waals surface area contributed by atoms with E-state index in [2.05, 4.69) is 9.72 Å². The van der Waals surface area contributed by atoms with E-state index in [9.17, 15) is 18.0 Å². The summed E-state index contributed by atoms with van der Waals surface area (Å²) in [6.45, 7) is 0. The van der Waals surface area contributed by atoms with Gasteiger partial charge >= 0.3 is 12.1 Å². The van der Waals surface area contributed by atoms with Gasteiger partial charge in [-0.2, -0.15) is 13.2 Å². The van der Waals surface area contributed by atoms with Crippen LogP contribution >= 0.6 is 0 Å². The molecule has 7 heteroatoms. The van der Waals surface area contributed by atoms with Crippen LogP contribution in [0.25, 0.3) is 0 Å². The molecular formula is C9H8F3NO3. The van der Waals surface area contributed by atoms with Crippen molar-refractivity contribution in [3.8, 4) is 5.75 Å². The molecular weight excluding hydrogens is 227 g/mol. The summed E-state index contributed by atoms with van der Waals surface area (Å²) < 4.78 is 42.5. The Morgan fingerprint density at radius 2 is 2.12 bits per heavy atom. The smallest absolute Gasteiger partial charge is 0.420 e. The van der Waals surface area contributed by atoms with Crippen LogP contribution in [0.2, 0.25) is 0 Å². The highest BCUT2D eigenvalue weighted by Gasteiger charge is 2.37. The monoisotopic (exact) mass is 235 g/mol. The number of ether oxygens (including phenoxy) is 1. The third-order valence-corrected chi connectivity index (χ3v) is 1.83. The first-order chi connectivity index (χ1) is 7.36. The molecule has 0 saturated heterocycles. The van der Waals surface area contributed by atoms with Crippen molar-refractivity contribution < 1.29 is 27.8 Å². The number of halogens is 3. The van der Waals surface area contributed by atoms with Crippen LogP contribution in [-0.4, -0.2) is 23.2 Å². The predicted molar refractivity (Wildman–Crippen MR) is 47.1 cm³/mol. The van der Waals surface area contributed by atoms with Crippen LogP contribution in [0.1, 0.15) is 11.1 Å². The zero-order valence-electron chi connectivity index (χ0n) is 8.21. The van der Waals surface area contributed by atoms with E-state index in [1.807, 2.05) is 0 Å². The predicted octanol–water partition coefficient (Wildman–Crippen LogP) is 1.74. The molecule has 0 aromatic carbocycles. The van der Waals surface area contributed by atoms with Gasteiger partial charge in [-0.1, -0.05) is 0 Å². The first kappa shape index (κ1) is 12.3. The molecule has 88 valence electrons. The van der Waals surface area contributed by atoms with Gasteiger partial charge < -0.3 is 9.84 Å². The van der Waals surface area contributed by atoms with Crippen molar-refractivity contribution >= 4 is 5.97 Å². The van der Waals surface area contributed by atoms with Crippen molar-refractivity contribution in [1.82, 2.24) is 4.98 Å². The zero-order valence-corrected chi connectivity index (χ0v) is 8.21. The maximum Gasteiger partial charge on any atom is 0.420 e. The number of carbonyl (C=O) groups is 1. The Bertz CT molecular complexity index is 403. The van der Waals surface area contributed by atoms with Crippen LogP contribution in [0.3, 0.4) is 0 Å². The van der Waals surface area contributed by atoms with Crippen molar-refractivity contribution in [3.05, 3.63) is 23.5 Å². The highest BCUT2D eigenvalue weighted by Crippen LogP contribution is 2.38. The lowest BCUT2D eigenvalue weighted by molar-refractivity contribution is -0.140. The summed E-state index contributed by atoms with van der Waals surface area (Å²) >= 11 is 0. The summed E-state index contributed by atoms with van der Waals surface area (Å²) in [5, 5.41) is 8.48. The lowest BCUT2D eigenvalue weighted by Crippen LogP contribution is -2.14. The quantitative estimate of drug-likeness (QED) is 0.866. The van der Waals surface area contributed by atoms with Gasteiger partial charge in [0.25, 0.3) is 0 Å². The van der Waals surface area contributed by atoms with Crippen molar-refractivity contribution in [1.29, 1.82) is 0 Å². The van der Waals surface area contributed by atoms with Crippen LogP contribution < -0.4 is 4.74 Å². The number of pyridine rings is 1. The van der Waals surface area contributed by atoms with Crippen LogP contribution in [0.4, 0.5) is 13.2 Å². The average molecular weight is 235 g/mol. The Morgan fingerprint density at radius 3 is 2.56 bits per heavy atom. The second kappa shape index (κ2) is 4.38. The highest BCUT2D eigenvalue weighted by atomic mass is 19.4. The van der Waals surface area contributed by atoms with Crippen LogP contribution in [0.5, 0.6) is 5.75 Å². The standard InChI is InChI=1S/C9H8F3NO3/c1-16-6-4-13-3-5(2-7(14)15)8(6)9(10,11)12/h3-4H,2H2,1H3,(H,14,15). The van der Waals surface area contributed by atoms with E-state index in [-0.39, 0.29) is 0 Å². The fourth-order valence-corrected chi connectivity index (χ4v) is 1.26. The molecule has 1 rings (SSSR count). The molecule has 0 fully saturated rings. The highest BCUT2D eigenvalue weighted by molar-refractivity contribution is 5.71. The first-order valence-electron chi connectivity index (χ1n) is 4.16. The van der Waals surface area contributed by atoms with Gasteiger partial charge in [0.1, 0.15) is 11.3 Å².